The normalized spacial score (nSPS) is 11.4. The van der Waals surface area contributed by atoms with Crippen LogP contribution in [0.3, 0.4) is 0 Å². The maximum Gasteiger partial charge on any atom is 0.243 e. The molecular weight excluding hydrogens is 541 g/mol. The predicted molar refractivity (Wildman–Crippen MR) is 134 cm³/mol. The second-order valence-electron chi connectivity index (χ2n) is 7.61. The number of hydrogen-bond donors (Lipinski definition) is 0. The molecule has 7 nitrogen and oxygen atoms in total. The number of methoxy groups -OCH3 is 4. The van der Waals surface area contributed by atoms with Crippen molar-refractivity contribution >= 4 is 26.0 Å². The molecule has 3 rings (SSSR count). The minimum atomic E-state index is -4.09. The number of nitrogens with zero attached hydrogens (tertiary/aromatic N) is 1. The molecule has 0 aliphatic rings. The van der Waals surface area contributed by atoms with Crippen LogP contribution in [0.1, 0.15) is 16.7 Å². The predicted octanol–water partition coefficient (Wildman–Crippen LogP) is 5.32. The number of benzene rings is 3. The summed E-state index contributed by atoms with van der Waals surface area (Å²) >= 11 is 3.16. The van der Waals surface area contributed by atoms with E-state index in [1.165, 1.54) is 38.8 Å². The van der Waals surface area contributed by atoms with Crippen LogP contribution in [0.5, 0.6) is 23.0 Å². The van der Waals surface area contributed by atoms with Gasteiger partial charge < -0.3 is 18.9 Å². The van der Waals surface area contributed by atoms with Gasteiger partial charge >= 0.3 is 0 Å². The van der Waals surface area contributed by atoms with E-state index in [0.29, 0.717) is 34.1 Å². The van der Waals surface area contributed by atoms with E-state index in [2.05, 4.69) is 15.9 Å². The van der Waals surface area contributed by atoms with Gasteiger partial charge in [0, 0.05) is 36.3 Å². The standard InChI is InChI=1S/C25H27BrFNO6S/c1-16-24(11-10-21(27)25(16)26)35(29,30)28(14-17-6-8-19(31-2)12-22(17)33-4)15-18-7-9-20(32-3)13-23(18)34-5/h6-13H,14-15H2,1-5H3. The zero-order valence-corrected chi connectivity index (χ0v) is 22.5. The van der Waals surface area contributed by atoms with Gasteiger partial charge in [-0.2, -0.15) is 4.31 Å². The summed E-state index contributed by atoms with van der Waals surface area (Å²) in [6.07, 6.45) is 0. The Hall–Kier alpha value is -2.82. The number of hydrogen-bond acceptors (Lipinski definition) is 6. The molecule has 0 radical (unpaired) electrons. The fourth-order valence-corrected chi connectivity index (χ4v) is 5.73. The molecule has 0 aliphatic heterocycles. The molecule has 0 bridgehead atoms. The van der Waals surface area contributed by atoms with Crippen LogP contribution in [0, 0.1) is 12.7 Å². The van der Waals surface area contributed by atoms with Crippen LogP contribution in [0.2, 0.25) is 0 Å². The maximum atomic E-state index is 14.1. The second kappa shape index (κ2) is 11.3. The van der Waals surface area contributed by atoms with Gasteiger partial charge in [0.25, 0.3) is 0 Å². The first-order valence-corrected chi connectivity index (χ1v) is 12.8. The molecule has 0 saturated carbocycles. The van der Waals surface area contributed by atoms with E-state index in [9.17, 15) is 12.8 Å². The molecular formula is C25H27BrFNO6S. The lowest BCUT2D eigenvalue weighted by Gasteiger charge is -2.25. The third-order valence-electron chi connectivity index (χ3n) is 5.59. The van der Waals surface area contributed by atoms with Crippen molar-refractivity contribution in [3.63, 3.8) is 0 Å². The number of halogens is 2. The summed E-state index contributed by atoms with van der Waals surface area (Å²) in [6, 6.07) is 12.7. The van der Waals surface area contributed by atoms with Crippen LogP contribution in [0.15, 0.2) is 57.9 Å². The van der Waals surface area contributed by atoms with Crippen LogP contribution < -0.4 is 18.9 Å². The molecule has 0 amide bonds. The van der Waals surface area contributed by atoms with Crippen molar-refractivity contribution in [1.29, 1.82) is 0 Å². The van der Waals surface area contributed by atoms with E-state index < -0.39 is 15.8 Å². The minimum absolute atomic E-state index is 0.00858. The molecule has 0 saturated heterocycles. The van der Waals surface area contributed by atoms with Gasteiger partial charge in [-0.05, 0) is 52.7 Å². The topological polar surface area (TPSA) is 74.3 Å². The van der Waals surface area contributed by atoms with Crippen LogP contribution in [0.25, 0.3) is 0 Å². The fourth-order valence-electron chi connectivity index (χ4n) is 3.62. The smallest absolute Gasteiger partial charge is 0.243 e. The Bertz CT molecular complexity index is 1260. The molecule has 0 heterocycles. The van der Waals surface area contributed by atoms with E-state index >= 15 is 0 Å². The Labute approximate surface area is 213 Å². The van der Waals surface area contributed by atoms with Crippen molar-refractivity contribution in [2.45, 2.75) is 24.9 Å². The zero-order valence-electron chi connectivity index (χ0n) is 20.1. The molecule has 0 aliphatic carbocycles. The molecule has 10 heteroatoms. The van der Waals surface area contributed by atoms with Gasteiger partial charge in [0.15, 0.2) is 0 Å². The highest BCUT2D eigenvalue weighted by Crippen LogP contribution is 2.34. The first-order chi connectivity index (χ1) is 16.7. The first kappa shape index (κ1) is 26.8. The van der Waals surface area contributed by atoms with Crippen LogP contribution in [-0.2, 0) is 23.1 Å². The average molecular weight is 568 g/mol. The van der Waals surface area contributed by atoms with E-state index in [1.54, 1.807) is 43.3 Å². The summed E-state index contributed by atoms with van der Waals surface area (Å²) in [6.45, 7) is 1.53. The first-order valence-electron chi connectivity index (χ1n) is 10.5. The van der Waals surface area contributed by atoms with Crippen molar-refractivity contribution in [2.24, 2.45) is 0 Å². The highest BCUT2D eigenvalue weighted by Gasteiger charge is 2.30. The summed E-state index contributed by atoms with van der Waals surface area (Å²) in [5.41, 5.74) is 1.53. The van der Waals surface area contributed by atoms with E-state index in [-0.39, 0.29) is 28.0 Å². The minimum Gasteiger partial charge on any atom is -0.497 e. The lowest BCUT2D eigenvalue weighted by Crippen LogP contribution is -2.31. The van der Waals surface area contributed by atoms with Crippen LogP contribution >= 0.6 is 15.9 Å². The van der Waals surface area contributed by atoms with Crippen LogP contribution in [-0.4, -0.2) is 41.2 Å². The second-order valence-corrected chi connectivity index (χ2v) is 10.3. The highest BCUT2D eigenvalue weighted by atomic mass is 79.9. The SMILES string of the molecule is COc1ccc(CN(Cc2ccc(OC)cc2OC)S(=O)(=O)c2ccc(F)c(Br)c2C)c(OC)c1. The third kappa shape index (κ3) is 5.71. The van der Waals surface area contributed by atoms with Gasteiger partial charge in [0.1, 0.15) is 28.8 Å². The molecule has 0 atom stereocenters. The summed E-state index contributed by atoms with van der Waals surface area (Å²) in [4.78, 5) is -0.00858. The lowest BCUT2D eigenvalue weighted by atomic mass is 10.1. The fraction of sp³-hybridized carbons (Fsp3) is 0.280. The Morgan fingerprint density at radius 1 is 0.800 bits per heavy atom. The quantitative estimate of drug-likeness (QED) is 0.330. The lowest BCUT2D eigenvalue weighted by molar-refractivity contribution is 0.358. The molecule has 35 heavy (non-hydrogen) atoms. The highest BCUT2D eigenvalue weighted by molar-refractivity contribution is 9.10. The Balaban J connectivity index is 2.13. The average Bonchev–Trinajstić information content (AvgIpc) is 2.86. The Kier molecular flexibility index (Phi) is 8.63. The van der Waals surface area contributed by atoms with Crippen LogP contribution in [0.4, 0.5) is 4.39 Å². The molecule has 188 valence electrons. The maximum absolute atomic E-state index is 14.1. The Morgan fingerprint density at radius 3 is 1.71 bits per heavy atom. The molecule has 0 N–H and O–H groups in total. The van der Waals surface area contributed by atoms with Crippen molar-refractivity contribution < 1.29 is 31.8 Å². The van der Waals surface area contributed by atoms with Gasteiger partial charge in [-0.1, -0.05) is 12.1 Å². The monoisotopic (exact) mass is 567 g/mol. The molecule has 0 fully saturated rings. The number of sulfonamides is 1. The van der Waals surface area contributed by atoms with Gasteiger partial charge in [-0.15, -0.1) is 0 Å². The summed E-state index contributed by atoms with van der Waals surface area (Å²) in [7, 11) is 2.00. The Morgan fingerprint density at radius 2 is 1.29 bits per heavy atom. The van der Waals surface area contributed by atoms with Crippen molar-refractivity contribution in [2.75, 3.05) is 28.4 Å². The van der Waals surface area contributed by atoms with Crippen molar-refractivity contribution in [3.05, 3.63) is 75.5 Å². The largest absolute Gasteiger partial charge is 0.497 e. The third-order valence-corrected chi connectivity index (χ3v) is 8.50. The van der Waals surface area contributed by atoms with Crippen molar-refractivity contribution in [1.82, 2.24) is 4.31 Å². The zero-order chi connectivity index (χ0) is 25.8. The molecule has 0 aromatic heterocycles. The van der Waals surface area contributed by atoms with Gasteiger partial charge in [0.2, 0.25) is 10.0 Å². The van der Waals surface area contributed by atoms with Gasteiger partial charge in [0.05, 0.1) is 37.8 Å². The molecule has 3 aromatic rings. The molecule has 0 unspecified atom stereocenters. The van der Waals surface area contributed by atoms with Gasteiger partial charge in [-0.3, -0.25) is 0 Å². The molecule has 3 aromatic carbocycles. The van der Waals surface area contributed by atoms with E-state index in [1.807, 2.05) is 0 Å². The number of ether oxygens (including phenoxy) is 4. The van der Waals surface area contributed by atoms with E-state index in [0.717, 1.165) is 6.07 Å². The van der Waals surface area contributed by atoms with Crippen molar-refractivity contribution in [3.8, 4) is 23.0 Å². The number of rotatable bonds is 10. The van der Waals surface area contributed by atoms with Gasteiger partial charge in [-0.25, -0.2) is 12.8 Å². The summed E-state index contributed by atoms with van der Waals surface area (Å²) < 4.78 is 64.8. The molecule has 0 spiro atoms. The summed E-state index contributed by atoms with van der Waals surface area (Å²) in [5, 5.41) is 0. The van der Waals surface area contributed by atoms with E-state index in [4.69, 9.17) is 18.9 Å². The summed E-state index contributed by atoms with van der Waals surface area (Å²) in [5.74, 6) is 1.57.